The van der Waals surface area contributed by atoms with Crippen LogP contribution in [0, 0.1) is 11.6 Å². The third-order valence-corrected chi connectivity index (χ3v) is 6.17. The summed E-state index contributed by atoms with van der Waals surface area (Å²) in [5.41, 5.74) is 0.443. The van der Waals surface area contributed by atoms with Gasteiger partial charge < -0.3 is 14.5 Å². The Kier molecular flexibility index (Phi) is 5.81. The van der Waals surface area contributed by atoms with E-state index >= 15 is 0 Å². The highest BCUT2D eigenvalue weighted by molar-refractivity contribution is 6.00. The summed E-state index contributed by atoms with van der Waals surface area (Å²) in [5.74, 6) is -6.38. The van der Waals surface area contributed by atoms with Crippen LogP contribution in [0.5, 0.6) is 0 Å². The third kappa shape index (κ3) is 4.34. The van der Waals surface area contributed by atoms with Crippen molar-refractivity contribution in [1.82, 2.24) is 20.1 Å². The molecule has 0 atom stereocenters. The molecule has 1 N–H and O–H groups in total. The maximum Gasteiger partial charge on any atom is 0.338 e. The van der Waals surface area contributed by atoms with Crippen molar-refractivity contribution in [2.45, 2.75) is 31.6 Å². The highest BCUT2D eigenvalue weighted by Gasteiger charge is 2.34. The van der Waals surface area contributed by atoms with Crippen molar-refractivity contribution in [3.05, 3.63) is 65.6 Å². The second-order valence-corrected chi connectivity index (χ2v) is 8.65. The van der Waals surface area contributed by atoms with Gasteiger partial charge in [0.2, 0.25) is 0 Å². The first-order valence-electron chi connectivity index (χ1n) is 11.1. The average Bonchev–Trinajstić information content (AvgIpc) is 3.34. The lowest BCUT2D eigenvalue weighted by Crippen LogP contribution is -2.34. The fraction of sp³-hybridized carbons (Fsp3) is 0.292. The fourth-order valence-corrected chi connectivity index (χ4v) is 4.38. The van der Waals surface area contributed by atoms with Gasteiger partial charge in [0.15, 0.2) is 5.82 Å². The van der Waals surface area contributed by atoms with Gasteiger partial charge >= 0.3 is 11.9 Å². The van der Waals surface area contributed by atoms with Crippen LogP contribution in [0.1, 0.15) is 47.8 Å². The van der Waals surface area contributed by atoms with Crippen molar-refractivity contribution in [3.8, 4) is 11.1 Å². The number of hydrogen-bond acceptors (Lipinski definition) is 7. The molecule has 12 heteroatoms. The van der Waals surface area contributed by atoms with E-state index in [4.69, 9.17) is 9.63 Å². The SMILES string of the molecule is CC(F)(F)c1nc(C2CCN(c3ncnc4c(-c5ccc(C(=O)O)c(F)c5)cc(F)cc34)CC2)no1. The summed E-state index contributed by atoms with van der Waals surface area (Å²) >= 11 is 0. The van der Waals surface area contributed by atoms with Gasteiger partial charge in [-0.15, -0.1) is 0 Å². The molecule has 2 aromatic carbocycles. The monoisotopic (exact) mass is 501 g/mol. The molecule has 1 aliphatic rings. The quantitative estimate of drug-likeness (QED) is 0.374. The molecule has 8 nitrogen and oxygen atoms in total. The van der Waals surface area contributed by atoms with Crippen LogP contribution in [0.3, 0.4) is 0 Å². The molecule has 36 heavy (non-hydrogen) atoms. The van der Waals surface area contributed by atoms with E-state index in [0.29, 0.717) is 55.1 Å². The molecule has 2 aromatic heterocycles. The first-order valence-corrected chi connectivity index (χ1v) is 11.1. The van der Waals surface area contributed by atoms with Crippen molar-refractivity contribution in [2.24, 2.45) is 0 Å². The van der Waals surface area contributed by atoms with Crippen LogP contribution in [-0.2, 0) is 5.92 Å². The van der Waals surface area contributed by atoms with Crippen molar-refractivity contribution in [1.29, 1.82) is 0 Å². The normalized spacial score (nSPS) is 15.0. The van der Waals surface area contributed by atoms with Gasteiger partial charge in [0.25, 0.3) is 5.89 Å². The van der Waals surface area contributed by atoms with Gasteiger partial charge in [0.05, 0.1) is 11.1 Å². The first kappa shape index (κ1) is 23.6. The number of halogens is 4. The van der Waals surface area contributed by atoms with E-state index in [1.54, 1.807) is 0 Å². The number of carboxylic acid groups (broad SMARTS) is 1. The molecule has 4 aromatic rings. The lowest BCUT2D eigenvalue weighted by Gasteiger charge is -2.32. The lowest BCUT2D eigenvalue weighted by molar-refractivity contribution is -0.0158. The maximum absolute atomic E-state index is 14.7. The topological polar surface area (TPSA) is 105 Å². The summed E-state index contributed by atoms with van der Waals surface area (Å²) in [7, 11) is 0. The molecule has 1 saturated heterocycles. The number of fused-ring (bicyclic) bond motifs is 1. The summed E-state index contributed by atoms with van der Waals surface area (Å²) in [6, 6.07) is 6.04. The van der Waals surface area contributed by atoms with E-state index in [1.807, 2.05) is 4.90 Å². The maximum atomic E-state index is 14.7. The Balaban J connectivity index is 1.45. The third-order valence-electron chi connectivity index (χ3n) is 6.17. The number of aromatic carboxylic acids is 1. The zero-order valence-electron chi connectivity index (χ0n) is 18.9. The standard InChI is InChI=1S/C24H19F4N5O3/c1-24(27,28)23-31-20(32-36-23)12-4-6-33(7-5-12)21-17-10-14(25)9-16(19(17)29-11-30-21)13-2-3-15(22(34)35)18(26)8-13/h2-3,8-12H,4-7H2,1H3,(H,34,35). The molecule has 0 unspecified atom stereocenters. The second kappa shape index (κ2) is 8.85. The number of benzene rings is 2. The van der Waals surface area contributed by atoms with Gasteiger partial charge in [0, 0.05) is 36.9 Å². The predicted octanol–water partition coefficient (Wildman–Crippen LogP) is 5.15. The smallest absolute Gasteiger partial charge is 0.338 e. The molecule has 0 bridgehead atoms. The summed E-state index contributed by atoms with van der Waals surface area (Å²) in [5, 5.41) is 13.2. The molecule has 3 heterocycles. The van der Waals surface area contributed by atoms with E-state index in [1.165, 1.54) is 24.5 Å². The Hall–Kier alpha value is -4.09. The number of rotatable bonds is 5. The van der Waals surface area contributed by atoms with Crippen LogP contribution in [0.4, 0.5) is 23.4 Å². The lowest BCUT2D eigenvalue weighted by atomic mass is 9.95. The van der Waals surface area contributed by atoms with E-state index in [2.05, 4.69) is 20.1 Å². The Labute approximate surface area is 201 Å². The minimum atomic E-state index is -3.22. The minimum absolute atomic E-state index is 0.183. The van der Waals surface area contributed by atoms with Crippen molar-refractivity contribution >= 4 is 22.7 Å². The van der Waals surface area contributed by atoms with Gasteiger partial charge in [-0.05, 0) is 42.7 Å². The number of hydrogen-bond donors (Lipinski definition) is 1. The van der Waals surface area contributed by atoms with Crippen LogP contribution in [-0.4, -0.2) is 44.3 Å². The van der Waals surface area contributed by atoms with Gasteiger partial charge in [-0.1, -0.05) is 11.2 Å². The van der Waals surface area contributed by atoms with E-state index < -0.39 is 35.0 Å². The van der Waals surface area contributed by atoms with Gasteiger partial charge in [-0.25, -0.2) is 23.5 Å². The van der Waals surface area contributed by atoms with Gasteiger partial charge in [-0.3, -0.25) is 0 Å². The Morgan fingerprint density at radius 2 is 1.89 bits per heavy atom. The van der Waals surface area contributed by atoms with E-state index in [9.17, 15) is 22.4 Å². The highest BCUT2D eigenvalue weighted by Crippen LogP contribution is 2.36. The molecule has 1 aliphatic heterocycles. The molecule has 0 radical (unpaired) electrons. The molecular formula is C24H19F4N5O3. The molecule has 0 spiro atoms. The van der Waals surface area contributed by atoms with Crippen LogP contribution in [0.2, 0.25) is 0 Å². The summed E-state index contributed by atoms with van der Waals surface area (Å²) < 4.78 is 60.6. The highest BCUT2D eigenvalue weighted by atomic mass is 19.3. The number of piperidine rings is 1. The molecule has 5 rings (SSSR count). The van der Waals surface area contributed by atoms with Crippen LogP contribution < -0.4 is 4.90 Å². The predicted molar refractivity (Wildman–Crippen MR) is 120 cm³/mol. The van der Waals surface area contributed by atoms with Crippen molar-refractivity contribution in [2.75, 3.05) is 18.0 Å². The first-order chi connectivity index (χ1) is 17.1. The number of alkyl halides is 2. The Morgan fingerprint density at radius 1 is 1.14 bits per heavy atom. The number of anilines is 1. The Bertz CT molecular complexity index is 1460. The van der Waals surface area contributed by atoms with E-state index in [-0.39, 0.29) is 17.3 Å². The molecular weight excluding hydrogens is 482 g/mol. The zero-order chi connectivity index (χ0) is 25.6. The second-order valence-electron chi connectivity index (χ2n) is 8.65. The molecule has 0 amide bonds. The molecule has 0 saturated carbocycles. The molecule has 1 fully saturated rings. The summed E-state index contributed by atoms with van der Waals surface area (Å²) in [4.78, 5) is 25.5. The zero-order valence-corrected chi connectivity index (χ0v) is 18.9. The van der Waals surface area contributed by atoms with Crippen molar-refractivity contribution in [3.63, 3.8) is 0 Å². The fourth-order valence-electron chi connectivity index (χ4n) is 4.38. The number of nitrogens with zero attached hydrogens (tertiary/aromatic N) is 5. The largest absolute Gasteiger partial charge is 0.478 e. The van der Waals surface area contributed by atoms with Crippen molar-refractivity contribution < 1.29 is 32.0 Å². The number of aromatic nitrogens is 4. The number of carboxylic acids is 1. The van der Waals surface area contributed by atoms with Crippen LogP contribution >= 0.6 is 0 Å². The minimum Gasteiger partial charge on any atom is -0.478 e. The van der Waals surface area contributed by atoms with E-state index in [0.717, 1.165) is 12.1 Å². The summed E-state index contributed by atoms with van der Waals surface area (Å²) in [6.45, 7) is 1.63. The van der Waals surface area contributed by atoms with Crippen LogP contribution in [0.25, 0.3) is 22.0 Å². The Morgan fingerprint density at radius 3 is 2.53 bits per heavy atom. The molecule has 0 aliphatic carbocycles. The van der Waals surface area contributed by atoms with Gasteiger partial charge in [-0.2, -0.15) is 13.8 Å². The molecule has 186 valence electrons. The average molecular weight is 501 g/mol. The van der Waals surface area contributed by atoms with Crippen LogP contribution in [0.15, 0.2) is 41.2 Å². The summed E-state index contributed by atoms with van der Waals surface area (Å²) in [6.07, 6.45) is 2.38. The number of carbonyl (C=O) groups is 1. The van der Waals surface area contributed by atoms with Gasteiger partial charge in [0.1, 0.15) is 23.8 Å².